The first-order chi connectivity index (χ1) is 13.7. The number of nitrogens with zero attached hydrogens (tertiary/aromatic N) is 2. The van der Waals surface area contributed by atoms with Crippen LogP contribution in [0.3, 0.4) is 0 Å². The first-order valence-electron chi connectivity index (χ1n) is 10.4. The number of hydrogen-bond donors (Lipinski definition) is 1. The molecule has 1 N–H and O–H groups in total. The van der Waals surface area contributed by atoms with Gasteiger partial charge in [-0.1, -0.05) is 36.6 Å². The summed E-state index contributed by atoms with van der Waals surface area (Å²) in [5.74, 6) is 0.194. The molecule has 1 saturated carbocycles. The van der Waals surface area contributed by atoms with Crippen LogP contribution in [0.1, 0.15) is 72.7 Å². The highest BCUT2D eigenvalue weighted by Crippen LogP contribution is 2.28. The Morgan fingerprint density at radius 2 is 2.04 bits per heavy atom. The van der Waals surface area contributed by atoms with Crippen LogP contribution in [0.15, 0.2) is 34.9 Å². The van der Waals surface area contributed by atoms with Crippen molar-refractivity contribution in [2.75, 3.05) is 13.1 Å². The number of rotatable bonds is 5. The van der Waals surface area contributed by atoms with E-state index < -0.39 is 0 Å². The van der Waals surface area contributed by atoms with Crippen LogP contribution < -0.4 is 5.32 Å². The zero-order valence-corrected chi connectivity index (χ0v) is 16.2. The van der Waals surface area contributed by atoms with Crippen LogP contribution in [0.4, 0.5) is 4.39 Å². The van der Waals surface area contributed by atoms with Crippen LogP contribution in [0.2, 0.25) is 0 Å². The van der Waals surface area contributed by atoms with Gasteiger partial charge in [-0.05, 0) is 49.9 Å². The van der Waals surface area contributed by atoms with Crippen molar-refractivity contribution in [2.24, 2.45) is 0 Å². The molecule has 1 atom stereocenters. The fourth-order valence-corrected chi connectivity index (χ4v) is 4.43. The van der Waals surface area contributed by atoms with Gasteiger partial charge < -0.3 is 9.84 Å². The molecule has 2 aliphatic rings. The molecular formula is C22H28FN3O2. The third-order valence-corrected chi connectivity index (χ3v) is 5.91. The smallest absolute Gasteiger partial charge is 0.290 e. The second-order valence-electron chi connectivity index (χ2n) is 8.13. The molecule has 1 aliphatic carbocycles. The molecule has 28 heavy (non-hydrogen) atoms. The molecule has 1 aromatic heterocycles. The van der Waals surface area contributed by atoms with Crippen LogP contribution in [0, 0.1) is 5.82 Å². The molecule has 0 radical (unpaired) electrons. The van der Waals surface area contributed by atoms with Crippen molar-refractivity contribution in [3.05, 3.63) is 53.2 Å². The standard InChI is InChI=1S/C22H28FN3O2/c23-18-8-4-6-16(12-18)14-26-11-5-7-17(15-26)20-13-21(28-25-20)22(27)24-19-9-2-1-3-10-19/h4,6,8,12-13,17,19H,1-3,5,7,9-11,14-15H2,(H,24,27)/t17-/m1/s1. The Morgan fingerprint density at radius 1 is 1.18 bits per heavy atom. The Morgan fingerprint density at radius 3 is 2.86 bits per heavy atom. The number of amides is 1. The largest absolute Gasteiger partial charge is 0.351 e. The Kier molecular flexibility index (Phi) is 6.05. The molecule has 1 aromatic carbocycles. The maximum absolute atomic E-state index is 13.4. The molecule has 0 spiro atoms. The van der Waals surface area contributed by atoms with Crippen LogP contribution in [-0.2, 0) is 6.54 Å². The quantitative estimate of drug-likeness (QED) is 0.836. The van der Waals surface area contributed by atoms with Crippen molar-refractivity contribution < 1.29 is 13.7 Å². The molecule has 1 aliphatic heterocycles. The second-order valence-corrected chi connectivity index (χ2v) is 8.13. The number of aromatic nitrogens is 1. The maximum atomic E-state index is 13.4. The lowest BCUT2D eigenvalue weighted by Crippen LogP contribution is -2.36. The molecule has 1 amide bonds. The number of carbonyl (C=O) groups is 1. The topological polar surface area (TPSA) is 58.4 Å². The van der Waals surface area contributed by atoms with Crippen LogP contribution in [0.5, 0.6) is 0 Å². The number of benzene rings is 1. The van der Waals surface area contributed by atoms with Crippen LogP contribution >= 0.6 is 0 Å². The van der Waals surface area contributed by atoms with E-state index in [9.17, 15) is 9.18 Å². The lowest BCUT2D eigenvalue weighted by Gasteiger charge is -2.31. The lowest BCUT2D eigenvalue weighted by atomic mass is 9.94. The van der Waals surface area contributed by atoms with E-state index in [1.54, 1.807) is 18.2 Å². The summed E-state index contributed by atoms with van der Waals surface area (Å²) < 4.78 is 18.8. The number of carbonyl (C=O) groups excluding carboxylic acids is 1. The fourth-order valence-electron chi connectivity index (χ4n) is 4.43. The normalized spacial score (nSPS) is 21.5. The van der Waals surface area contributed by atoms with Crippen LogP contribution in [-0.4, -0.2) is 35.1 Å². The molecule has 150 valence electrons. The Labute approximate surface area is 165 Å². The number of piperidine rings is 1. The van der Waals surface area contributed by atoms with Gasteiger partial charge in [0.15, 0.2) is 0 Å². The molecule has 5 nitrogen and oxygen atoms in total. The average molecular weight is 385 g/mol. The summed E-state index contributed by atoms with van der Waals surface area (Å²) in [6.07, 6.45) is 7.78. The first kappa shape index (κ1) is 19.1. The van der Waals surface area contributed by atoms with Crippen molar-refractivity contribution in [3.63, 3.8) is 0 Å². The van der Waals surface area contributed by atoms with Gasteiger partial charge in [-0.3, -0.25) is 9.69 Å². The van der Waals surface area contributed by atoms with Gasteiger partial charge in [0.05, 0.1) is 5.69 Å². The Balaban J connectivity index is 1.35. The molecule has 2 heterocycles. The number of hydrogen-bond acceptors (Lipinski definition) is 4. The van der Waals surface area contributed by atoms with Crippen molar-refractivity contribution >= 4 is 5.91 Å². The zero-order valence-electron chi connectivity index (χ0n) is 16.2. The van der Waals surface area contributed by atoms with Crippen molar-refractivity contribution in [2.45, 2.75) is 63.5 Å². The second kappa shape index (κ2) is 8.86. The SMILES string of the molecule is O=C(NC1CCCCC1)c1cc([C@@H]2CCCN(Cc3cccc(F)c3)C2)no1. The molecular weight excluding hydrogens is 357 g/mol. The average Bonchev–Trinajstić information content (AvgIpc) is 3.20. The van der Waals surface area contributed by atoms with Crippen LogP contribution in [0.25, 0.3) is 0 Å². The van der Waals surface area contributed by atoms with E-state index in [0.29, 0.717) is 5.76 Å². The zero-order chi connectivity index (χ0) is 19.3. The molecule has 2 aromatic rings. The fraction of sp³-hybridized carbons (Fsp3) is 0.545. The summed E-state index contributed by atoms with van der Waals surface area (Å²) in [5, 5.41) is 7.27. The maximum Gasteiger partial charge on any atom is 0.290 e. The highest BCUT2D eigenvalue weighted by molar-refractivity contribution is 5.91. The Hall–Kier alpha value is -2.21. The minimum Gasteiger partial charge on any atom is -0.351 e. The van der Waals surface area contributed by atoms with Gasteiger partial charge in [-0.2, -0.15) is 0 Å². The van der Waals surface area contributed by atoms with E-state index in [1.165, 1.54) is 25.3 Å². The minimum atomic E-state index is -0.198. The third-order valence-electron chi connectivity index (χ3n) is 5.91. The number of nitrogens with one attached hydrogen (secondary N) is 1. The van der Waals surface area contributed by atoms with E-state index in [0.717, 1.165) is 56.6 Å². The molecule has 6 heteroatoms. The monoisotopic (exact) mass is 385 g/mol. The van der Waals surface area contributed by atoms with Gasteiger partial charge in [0.25, 0.3) is 5.91 Å². The Bertz CT molecular complexity index is 801. The van der Waals surface area contributed by atoms with Gasteiger partial charge in [0.2, 0.25) is 5.76 Å². The highest BCUT2D eigenvalue weighted by Gasteiger charge is 2.26. The summed E-state index contributed by atoms with van der Waals surface area (Å²) >= 11 is 0. The molecule has 0 bridgehead atoms. The van der Waals surface area contributed by atoms with Gasteiger partial charge in [0.1, 0.15) is 5.82 Å². The van der Waals surface area contributed by atoms with Gasteiger partial charge in [-0.25, -0.2) is 4.39 Å². The van der Waals surface area contributed by atoms with Gasteiger partial charge in [0, 0.05) is 31.1 Å². The summed E-state index contributed by atoms with van der Waals surface area (Å²) in [6, 6.07) is 8.82. The van der Waals surface area contributed by atoms with Crippen molar-refractivity contribution in [1.82, 2.24) is 15.4 Å². The molecule has 0 unspecified atom stereocenters. The summed E-state index contributed by atoms with van der Waals surface area (Å²) in [6.45, 7) is 2.55. The van der Waals surface area contributed by atoms with Crippen molar-refractivity contribution in [1.29, 1.82) is 0 Å². The number of halogens is 1. The summed E-state index contributed by atoms with van der Waals surface area (Å²) in [7, 11) is 0. The van der Waals surface area contributed by atoms with Gasteiger partial charge >= 0.3 is 0 Å². The third kappa shape index (κ3) is 4.79. The van der Waals surface area contributed by atoms with E-state index in [2.05, 4.69) is 15.4 Å². The first-order valence-corrected chi connectivity index (χ1v) is 10.4. The molecule has 1 saturated heterocycles. The molecule has 2 fully saturated rings. The minimum absolute atomic E-state index is 0.155. The highest BCUT2D eigenvalue weighted by atomic mass is 19.1. The van der Waals surface area contributed by atoms with E-state index in [-0.39, 0.29) is 23.7 Å². The number of likely N-dealkylation sites (tertiary alicyclic amines) is 1. The summed E-state index contributed by atoms with van der Waals surface area (Å²) in [4.78, 5) is 14.8. The van der Waals surface area contributed by atoms with Crippen molar-refractivity contribution in [3.8, 4) is 0 Å². The van der Waals surface area contributed by atoms with Gasteiger partial charge in [-0.15, -0.1) is 0 Å². The van der Waals surface area contributed by atoms with E-state index in [4.69, 9.17) is 4.52 Å². The molecule has 4 rings (SSSR count). The van der Waals surface area contributed by atoms with E-state index >= 15 is 0 Å². The predicted molar refractivity (Wildman–Crippen MR) is 104 cm³/mol. The summed E-state index contributed by atoms with van der Waals surface area (Å²) in [5.41, 5.74) is 1.83. The lowest BCUT2D eigenvalue weighted by molar-refractivity contribution is 0.0890. The van der Waals surface area contributed by atoms with E-state index in [1.807, 2.05) is 6.07 Å². The predicted octanol–water partition coefficient (Wildman–Crippen LogP) is 4.26.